The molecule has 0 aliphatic carbocycles. The van der Waals surface area contributed by atoms with Gasteiger partial charge in [-0.1, -0.05) is 23.5 Å². The number of hydrogen-bond acceptors (Lipinski definition) is 6. The molecule has 0 bridgehead atoms. The van der Waals surface area contributed by atoms with Crippen molar-refractivity contribution in [1.82, 2.24) is 25.0 Å². The standard InChI is InChI=1S/C21H14F6N6OS/c1-11(14-6-5-12(20(22,23)24)8-15(14)21(25,26)27)33-10-13(9-29-33)30-17(34)19-32-31-18(35-19)16-4-2-3-7-28-16/h2-11H,1H3,(H,30,34)/t11-/m1/s1. The van der Waals surface area contributed by atoms with Crippen molar-refractivity contribution in [3.05, 3.63) is 76.7 Å². The first-order valence-electron chi connectivity index (χ1n) is 9.82. The molecule has 1 aromatic carbocycles. The maximum absolute atomic E-state index is 13.5. The van der Waals surface area contributed by atoms with E-state index in [1.54, 1.807) is 24.4 Å². The third kappa shape index (κ3) is 5.31. The van der Waals surface area contributed by atoms with Gasteiger partial charge in [0.2, 0.25) is 5.01 Å². The van der Waals surface area contributed by atoms with E-state index in [4.69, 9.17) is 0 Å². The van der Waals surface area contributed by atoms with Gasteiger partial charge in [0.1, 0.15) is 5.69 Å². The first-order valence-corrected chi connectivity index (χ1v) is 10.6. The van der Waals surface area contributed by atoms with Crippen molar-refractivity contribution in [3.63, 3.8) is 0 Å². The number of amides is 1. The number of alkyl halides is 6. The molecule has 3 aromatic heterocycles. The second kappa shape index (κ2) is 9.09. The highest BCUT2D eigenvalue weighted by Gasteiger charge is 2.39. The van der Waals surface area contributed by atoms with Gasteiger partial charge in [-0.3, -0.25) is 14.5 Å². The summed E-state index contributed by atoms with van der Waals surface area (Å²) in [6, 6.07) is 5.52. The highest BCUT2D eigenvalue weighted by atomic mass is 32.1. The summed E-state index contributed by atoms with van der Waals surface area (Å²) in [5, 5.41) is 14.6. The zero-order chi connectivity index (χ0) is 25.4. The molecule has 1 atom stereocenters. The molecule has 0 aliphatic rings. The van der Waals surface area contributed by atoms with E-state index in [2.05, 4.69) is 25.6 Å². The van der Waals surface area contributed by atoms with E-state index in [9.17, 15) is 31.1 Å². The number of benzene rings is 1. The predicted molar refractivity (Wildman–Crippen MR) is 114 cm³/mol. The van der Waals surface area contributed by atoms with Crippen LogP contribution in [0, 0.1) is 0 Å². The Hall–Kier alpha value is -3.81. The molecule has 0 saturated carbocycles. The van der Waals surface area contributed by atoms with E-state index in [0.29, 0.717) is 16.8 Å². The lowest BCUT2D eigenvalue weighted by Crippen LogP contribution is -2.17. The quantitative estimate of drug-likeness (QED) is 0.347. The second-order valence-corrected chi connectivity index (χ2v) is 8.24. The number of carbonyl (C=O) groups excluding carboxylic acids is 1. The van der Waals surface area contributed by atoms with Gasteiger partial charge >= 0.3 is 12.4 Å². The monoisotopic (exact) mass is 512 g/mol. The van der Waals surface area contributed by atoms with Crippen LogP contribution in [0.5, 0.6) is 0 Å². The van der Waals surface area contributed by atoms with Crippen molar-refractivity contribution in [1.29, 1.82) is 0 Å². The number of nitrogens with one attached hydrogen (secondary N) is 1. The van der Waals surface area contributed by atoms with Gasteiger partial charge in [-0.05, 0) is 36.8 Å². The van der Waals surface area contributed by atoms with Crippen LogP contribution >= 0.6 is 11.3 Å². The minimum Gasteiger partial charge on any atom is -0.317 e. The lowest BCUT2D eigenvalue weighted by atomic mass is 9.98. The average Bonchev–Trinajstić information content (AvgIpc) is 3.48. The zero-order valence-electron chi connectivity index (χ0n) is 17.6. The highest BCUT2D eigenvalue weighted by molar-refractivity contribution is 7.16. The van der Waals surface area contributed by atoms with E-state index in [1.165, 1.54) is 19.3 Å². The highest BCUT2D eigenvalue weighted by Crippen LogP contribution is 2.39. The Kier molecular flexibility index (Phi) is 6.32. The van der Waals surface area contributed by atoms with Gasteiger partial charge in [-0.15, -0.1) is 10.2 Å². The van der Waals surface area contributed by atoms with Crippen LogP contribution in [0.4, 0.5) is 32.0 Å². The molecule has 4 aromatic rings. The number of rotatable bonds is 5. The van der Waals surface area contributed by atoms with Crippen LogP contribution in [-0.2, 0) is 12.4 Å². The van der Waals surface area contributed by atoms with Crippen LogP contribution in [0.3, 0.4) is 0 Å². The van der Waals surface area contributed by atoms with Crippen LogP contribution < -0.4 is 5.32 Å². The van der Waals surface area contributed by atoms with Gasteiger partial charge in [0.05, 0.1) is 29.1 Å². The van der Waals surface area contributed by atoms with Crippen molar-refractivity contribution in [3.8, 4) is 10.7 Å². The molecule has 3 heterocycles. The molecule has 1 N–H and O–H groups in total. The topological polar surface area (TPSA) is 85.6 Å². The van der Waals surface area contributed by atoms with Gasteiger partial charge in [0.15, 0.2) is 5.01 Å². The SMILES string of the molecule is C[C@H](c1ccc(C(F)(F)F)cc1C(F)(F)F)n1cc(NC(=O)c2nnc(-c3ccccn3)s2)cn1. The van der Waals surface area contributed by atoms with Crippen LogP contribution in [0.2, 0.25) is 0 Å². The molecule has 0 radical (unpaired) electrons. The van der Waals surface area contributed by atoms with E-state index in [0.717, 1.165) is 22.1 Å². The second-order valence-electron chi connectivity index (χ2n) is 7.26. The molecule has 0 saturated heterocycles. The molecule has 14 heteroatoms. The van der Waals surface area contributed by atoms with Crippen LogP contribution in [-0.4, -0.2) is 30.9 Å². The first-order chi connectivity index (χ1) is 16.4. The van der Waals surface area contributed by atoms with Gasteiger partial charge in [0.25, 0.3) is 5.91 Å². The third-order valence-corrected chi connectivity index (χ3v) is 5.84. The molecule has 0 aliphatic heterocycles. The Balaban J connectivity index is 1.54. The smallest absolute Gasteiger partial charge is 0.317 e. The number of aromatic nitrogens is 5. The van der Waals surface area contributed by atoms with E-state index in [-0.39, 0.29) is 16.8 Å². The molecule has 1 amide bonds. The van der Waals surface area contributed by atoms with Gasteiger partial charge in [0, 0.05) is 12.4 Å². The molecule has 182 valence electrons. The Labute approximate surface area is 197 Å². The fourth-order valence-electron chi connectivity index (χ4n) is 3.19. The number of hydrogen-bond donors (Lipinski definition) is 1. The maximum atomic E-state index is 13.5. The largest absolute Gasteiger partial charge is 0.416 e. The third-order valence-electron chi connectivity index (χ3n) is 4.90. The van der Waals surface area contributed by atoms with Gasteiger partial charge < -0.3 is 5.32 Å². The lowest BCUT2D eigenvalue weighted by Gasteiger charge is -2.20. The van der Waals surface area contributed by atoms with Gasteiger partial charge in [-0.2, -0.15) is 31.4 Å². The summed E-state index contributed by atoms with van der Waals surface area (Å²) in [7, 11) is 0. The number of pyridine rings is 1. The first kappa shape index (κ1) is 24.3. The van der Waals surface area contributed by atoms with Crippen LogP contribution in [0.1, 0.15) is 39.5 Å². The summed E-state index contributed by atoms with van der Waals surface area (Å²) in [6.07, 6.45) is -5.91. The van der Waals surface area contributed by atoms with E-state index in [1.807, 2.05) is 0 Å². The predicted octanol–water partition coefficient (Wildman–Crippen LogP) is 5.70. The molecule has 35 heavy (non-hydrogen) atoms. The number of nitrogens with zero attached hydrogens (tertiary/aromatic N) is 5. The Bertz CT molecular complexity index is 1350. The fraction of sp³-hybridized carbons (Fsp3) is 0.190. The minimum absolute atomic E-state index is 0.0218. The van der Waals surface area contributed by atoms with Crippen LogP contribution in [0.15, 0.2) is 55.0 Å². The summed E-state index contributed by atoms with van der Waals surface area (Å²) in [5.41, 5.74) is -2.55. The minimum atomic E-state index is -5.02. The van der Waals surface area contributed by atoms with Crippen molar-refractivity contribution < 1.29 is 31.1 Å². The molecule has 0 fully saturated rings. The van der Waals surface area contributed by atoms with Crippen molar-refractivity contribution in [2.45, 2.75) is 25.3 Å². The molecule has 7 nitrogen and oxygen atoms in total. The molecular formula is C21H14F6N6OS. The van der Waals surface area contributed by atoms with Crippen molar-refractivity contribution in [2.24, 2.45) is 0 Å². The molecule has 0 spiro atoms. The van der Waals surface area contributed by atoms with E-state index < -0.39 is 41.0 Å². The summed E-state index contributed by atoms with van der Waals surface area (Å²) >= 11 is 0.990. The normalized spacial score (nSPS) is 13.0. The lowest BCUT2D eigenvalue weighted by molar-refractivity contribution is -0.143. The Morgan fingerprint density at radius 2 is 1.83 bits per heavy atom. The average molecular weight is 512 g/mol. The Morgan fingerprint density at radius 3 is 2.49 bits per heavy atom. The molecular weight excluding hydrogens is 498 g/mol. The summed E-state index contributed by atoms with van der Waals surface area (Å²) in [4.78, 5) is 16.6. The number of halogens is 6. The number of carbonyl (C=O) groups is 1. The Morgan fingerprint density at radius 1 is 1.06 bits per heavy atom. The molecule has 0 unspecified atom stereocenters. The molecule has 4 rings (SSSR count). The summed E-state index contributed by atoms with van der Waals surface area (Å²) in [6.45, 7) is 1.35. The maximum Gasteiger partial charge on any atom is 0.416 e. The van der Waals surface area contributed by atoms with Gasteiger partial charge in [-0.25, -0.2) is 0 Å². The van der Waals surface area contributed by atoms with Crippen molar-refractivity contribution >= 4 is 22.9 Å². The summed E-state index contributed by atoms with van der Waals surface area (Å²) in [5.74, 6) is -0.623. The fourth-order valence-corrected chi connectivity index (χ4v) is 3.91. The van der Waals surface area contributed by atoms with Crippen LogP contribution in [0.25, 0.3) is 10.7 Å². The number of anilines is 1. The van der Waals surface area contributed by atoms with Crippen molar-refractivity contribution in [2.75, 3.05) is 5.32 Å². The summed E-state index contributed by atoms with van der Waals surface area (Å²) < 4.78 is 80.5. The van der Waals surface area contributed by atoms with E-state index >= 15 is 0 Å². The zero-order valence-corrected chi connectivity index (χ0v) is 18.4.